The number of hydrogen-bond donors (Lipinski definition) is 1. The van der Waals surface area contributed by atoms with E-state index < -0.39 is 0 Å². The van der Waals surface area contributed by atoms with Crippen molar-refractivity contribution in [3.8, 4) is 5.75 Å². The van der Waals surface area contributed by atoms with Crippen molar-refractivity contribution in [2.24, 2.45) is 0 Å². The number of aryl methyl sites for hydroxylation is 1. The van der Waals surface area contributed by atoms with E-state index in [1.807, 2.05) is 37.3 Å². The molecule has 0 bridgehead atoms. The van der Waals surface area contributed by atoms with Gasteiger partial charge in [0.05, 0.1) is 19.3 Å². The maximum absolute atomic E-state index is 10.3. The second-order valence-electron chi connectivity index (χ2n) is 6.27. The lowest BCUT2D eigenvalue weighted by atomic mass is 10.0. The number of fused-ring (bicyclic) bond motifs is 1. The zero-order valence-electron chi connectivity index (χ0n) is 14.3. The zero-order chi connectivity index (χ0) is 17.4. The molecular weight excluding hydrogens is 318 g/mol. The van der Waals surface area contributed by atoms with Gasteiger partial charge in [-0.2, -0.15) is 4.52 Å². The van der Waals surface area contributed by atoms with Crippen LogP contribution in [0.5, 0.6) is 5.75 Å². The van der Waals surface area contributed by atoms with Crippen LogP contribution in [0.25, 0.3) is 5.65 Å². The Morgan fingerprint density at radius 2 is 2.12 bits per heavy atom. The highest BCUT2D eigenvalue weighted by atomic mass is 16.5. The fourth-order valence-electron chi connectivity index (χ4n) is 3.43. The molecule has 0 saturated carbocycles. The quantitative estimate of drug-likeness (QED) is 0.784. The van der Waals surface area contributed by atoms with Gasteiger partial charge in [0.2, 0.25) is 0 Å². The molecule has 25 heavy (non-hydrogen) atoms. The number of ether oxygens (including phenoxy) is 1. The fourth-order valence-corrected chi connectivity index (χ4v) is 3.43. The van der Waals surface area contributed by atoms with Crippen molar-refractivity contribution in [2.75, 3.05) is 18.6 Å². The standard InChI is InChI=1S/C18H21N5O2/c1-3-16-19-20-17-7-8-18(21-23(16)17)22-11-13(24)10-15(22)12-5-4-6-14(9-12)25-2/h4-9,13,15,24H,3,10-11H2,1-2H3. The summed E-state index contributed by atoms with van der Waals surface area (Å²) in [5.41, 5.74) is 1.84. The minimum Gasteiger partial charge on any atom is -0.497 e. The van der Waals surface area contributed by atoms with Gasteiger partial charge >= 0.3 is 0 Å². The van der Waals surface area contributed by atoms with Crippen molar-refractivity contribution in [3.63, 3.8) is 0 Å². The first-order valence-electron chi connectivity index (χ1n) is 8.49. The maximum Gasteiger partial charge on any atom is 0.178 e. The van der Waals surface area contributed by atoms with Gasteiger partial charge in [-0.3, -0.25) is 0 Å². The number of aliphatic hydroxyl groups is 1. The largest absolute Gasteiger partial charge is 0.497 e. The lowest BCUT2D eigenvalue weighted by molar-refractivity contribution is 0.194. The summed E-state index contributed by atoms with van der Waals surface area (Å²) in [6.07, 6.45) is 1.04. The van der Waals surface area contributed by atoms with Crippen LogP contribution in [0, 0.1) is 0 Å². The lowest BCUT2D eigenvalue weighted by Crippen LogP contribution is -2.26. The Bertz CT molecular complexity index is 894. The number of anilines is 1. The predicted molar refractivity (Wildman–Crippen MR) is 93.9 cm³/mol. The van der Waals surface area contributed by atoms with Gasteiger partial charge in [-0.25, -0.2) is 0 Å². The van der Waals surface area contributed by atoms with Gasteiger partial charge in [0, 0.05) is 13.0 Å². The van der Waals surface area contributed by atoms with Crippen molar-refractivity contribution in [3.05, 3.63) is 47.8 Å². The van der Waals surface area contributed by atoms with Crippen LogP contribution in [0.2, 0.25) is 0 Å². The summed E-state index contributed by atoms with van der Waals surface area (Å²) in [5, 5.41) is 23.3. The highest BCUT2D eigenvalue weighted by Crippen LogP contribution is 2.36. The van der Waals surface area contributed by atoms with E-state index in [0.717, 1.165) is 35.0 Å². The third kappa shape index (κ3) is 2.80. The molecule has 1 saturated heterocycles. The number of hydrogen-bond acceptors (Lipinski definition) is 6. The maximum atomic E-state index is 10.3. The van der Waals surface area contributed by atoms with Crippen molar-refractivity contribution >= 4 is 11.5 Å². The Kier molecular flexibility index (Phi) is 4.01. The molecule has 1 aliphatic rings. The molecule has 2 aromatic heterocycles. The molecule has 0 amide bonds. The third-order valence-corrected chi connectivity index (χ3v) is 4.68. The molecule has 7 heteroatoms. The molecule has 2 unspecified atom stereocenters. The van der Waals surface area contributed by atoms with Crippen LogP contribution in [-0.4, -0.2) is 44.7 Å². The number of β-amino-alcohol motifs (C(OH)–C–C–N with tert-alkyl or cyclic N) is 1. The Labute approximate surface area is 145 Å². The summed E-state index contributed by atoms with van der Waals surface area (Å²) in [4.78, 5) is 2.14. The Balaban J connectivity index is 1.74. The average molecular weight is 339 g/mol. The van der Waals surface area contributed by atoms with Gasteiger partial charge in [-0.1, -0.05) is 19.1 Å². The Morgan fingerprint density at radius 1 is 1.24 bits per heavy atom. The van der Waals surface area contributed by atoms with Crippen molar-refractivity contribution in [2.45, 2.75) is 31.9 Å². The summed E-state index contributed by atoms with van der Waals surface area (Å²) < 4.78 is 7.12. The van der Waals surface area contributed by atoms with Crippen LogP contribution >= 0.6 is 0 Å². The summed E-state index contributed by atoms with van der Waals surface area (Å²) in [5.74, 6) is 2.45. The van der Waals surface area contributed by atoms with Gasteiger partial charge in [0.25, 0.3) is 0 Å². The Morgan fingerprint density at radius 3 is 2.92 bits per heavy atom. The molecule has 3 aromatic rings. The van der Waals surface area contributed by atoms with E-state index in [2.05, 4.69) is 21.2 Å². The van der Waals surface area contributed by atoms with Crippen LogP contribution in [0.4, 0.5) is 5.82 Å². The van der Waals surface area contributed by atoms with E-state index in [1.165, 1.54) is 0 Å². The summed E-state index contributed by atoms with van der Waals surface area (Å²) >= 11 is 0. The number of nitrogens with zero attached hydrogens (tertiary/aromatic N) is 5. The number of aliphatic hydroxyl groups excluding tert-OH is 1. The van der Waals surface area contributed by atoms with Gasteiger partial charge in [0.15, 0.2) is 11.5 Å². The number of aromatic nitrogens is 4. The van der Waals surface area contributed by atoms with E-state index in [4.69, 9.17) is 9.84 Å². The third-order valence-electron chi connectivity index (χ3n) is 4.68. The van der Waals surface area contributed by atoms with Crippen LogP contribution in [0.1, 0.15) is 30.8 Å². The molecule has 1 aliphatic heterocycles. The molecule has 1 aromatic carbocycles. The average Bonchev–Trinajstić information content (AvgIpc) is 3.24. The number of rotatable bonds is 4. The molecule has 0 spiro atoms. The zero-order valence-corrected chi connectivity index (χ0v) is 14.3. The summed E-state index contributed by atoms with van der Waals surface area (Å²) in [6.45, 7) is 2.58. The van der Waals surface area contributed by atoms with Gasteiger partial charge in [-0.05, 0) is 36.2 Å². The van der Waals surface area contributed by atoms with Crippen LogP contribution < -0.4 is 9.64 Å². The first kappa shape index (κ1) is 15.8. The highest BCUT2D eigenvalue weighted by molar-refractivity contribution is 5.49. The minimum absolute atomic E-state index is 0.0524. The van der Waals surface area contributed by atoms with Gasteiger partial charge < -0.3 is 14.7 Å². The molecule has 2 atom stereocenters. The summed E-state index contributed by atoms with van der Waals surface area (Å²) in [6, 6.07) is 11.9. The van der Waals surface area contributed by atoms with Gasteiger partial charge in [-0.15, -0.1) is 15.3 Å². The molecule has 4 rings (SSSR count). The second-order valence-corrected chi connectivity index (χ2v) is 6.27. The van der Waals surface area contributed by atoms with Crippen molar-refractivity contribution in [1.29, 1.82) is 0 Å². The highest BCUT2D eigenvalue weighted by Gasteiger charge is 2.33. The van der Waals surface area contributed by atoms with E-state index in [1.54, 1.807) is 11.6 Å². The predicted octanol–water partition coefficient (Wildman–Crippen LogP) is 2.01. The van der Waals surface area contributed by atoms with Gasteiger partial charge in [0.1, 0.15) is 11.6 Å². The minimum atomic E-state index is -0.389. The normalized spacial score (nSPS) is 20.4. The van der Waals surface area contributed by atoms with Crippen LogP contribution in [0.3, 0.4) is 0 Å². The monoisotopic (exact) mass is 339 g/mol. The SMILES string of the molecule is CCc1nnc2ccc(N3CC(O)CC3c3cccc(OC)c3)nn12. The van der Waals surface area contributed by atoms with Crippen LogP contribution in [-0.2, 0) is 6.42 Å². The topological polar surface area (TPSA) is 75.8 Å². The van der Waals surface area contributed by atoms with Crippen LogP contribution in [0.15, 0.2) is 36.4 Å². The number of methoxy groups -OCH3 is 1. The molecule has 7 nitrogen and oxygen atoms in total. The molecule has 0 aliphatic carbocycles. The first-order valence-corrected chi connectivity index (χ1v) is 8.49. The molecule has 1 N–H and O–H groups in total. The van der Waals surface area contributed by atoms with E-state index in [9.17, 15) is 5.11 Å². The molecule has 0 radical (unpaired) electrons. The van der Waals surface area contributed by atoms with E-state index in [-0.39, 0.29) is 12.1 Å². The smallest absolute Gasteiger partial charge is 0.178 e. The lowest BCUT2D eigenvalue weighted by Gasteiger charge is -2.26. The first-order chi connectivity index (χ1) is 12.2. The second kappa shape index (κ2) is 6.33. The Hall–Kier alpha value is -2.67. The van der Waals surface area contributed by atoms with E-state index in [0.29, 0.717) is 13.0 Å². The number of benzene rings is 1. The molecule has 3 heterocycles. The molecule has 1 fully saturated rings. The van der Waals surface area contributed by atoms with Crippen molar-refractivity contribution in [1.82, 2.24) is 19.8 Å². The van der Waals surface area contributed by atoms with Crippen molar-refractivity contribution < 1.29 is 9.84 Å². The molecule has 130 valence electrons. The fraction of sp³-hybridized carbons (Fsp3) is 0.389. The van der Waals surface area contributed by atoms with E-state index >= 15 is 0 Å². The summed E-state index contributed by atoms with van der Waals surface area (Å²) in [7, 11) is 1.66. The molecular formula is C18H21N5O2.